The Balaban J connectivity index is 2.20. The molecule has 3 N–H and O–H groups in total. The molecule has 0 aliphatic rings. The molecule has 2 aromatic rings. The van der Waals surface area contributed by atoms with Gasteiger partial charge in [0, 0.05) is 11.8 Å². The van der Waals surface area contributed by atoms with Crippen LogP contribution in [0.3, 0.4) is 0 Å². The number of aromatic nitrogens is 1. The molecule has 0 atom stereocenters. The van der Waals surface area contributed by atoms with Crippen LogP contribution in [-0.4, -0.2) is 13.6 Å². The van der Waals surface area contributed by atoms with Gasteiger partial charge in [0.2, 0.25) is 10.0 Å². The molecule has 1 aromatic heterocycles. The Kier molecular flexibility index (Phi) is 3.30. The van der Waals surface area contributed by atoms with E-state index in [1.54, 1.807) is 0 Å². The highest BCUT2D eigenvalue weighted by atomic mass is 32.2. The first-order valence-corrected chi connectivity index (χ1v) is 6.41. The number of nitrogens with zero attached hydrogens (tertiary/aromatic N) is 1. The lowest BCUT2D eigenvalue weighted by Gasteiger charge is -2.06. The zero-order valence-corrected chi connectivity index (χ0v) is 9.95. The van der Waals surface area contributed by atoms with Crippen molar-refractivity contribution >= 4 is 15.7 Å². The van der Waals surface area contributed by atoms with Gasteiger partial charge in [-0.05, 0) is 18.2 Å². The van der Waals surface area contributed by atoms with Crippen molar-refractivity contribution in [2.24, 2.45) is 0 Å². The minimum atomic E-state index is -3.84. The van der Waals surface area contributed by atoms with E-state index in [9.17, 15) is 12.8 Å². The van der Waals surface area contributed by atoms with Gasteiger partial charge in [0.25, 0.3) is 0 Å². The standard InChI is InChI=1S/C10H10FN3O3S/c11-7-3-8(12)5-10(4-7)18(15,16)14-6-9-1-2-13-17-9/h1-5,14H,6,12H2. The minimum Gasteiger partial charge on any atom is -0.399 e. The summed E-state index contributed by atoms with van der Waals surface area (Å²) in [7, 11) is -3.84. The highest BCUT2D eigenvalue weighted by Gasteiger charge is 2.16. The van der Waals surface area contributed by atoms with E-state index in [1.165, 1.54) is 18.3 Å². The van der Waals surface area contributed by atoms with Gasteiger partial charge in [-0.1, -0.05) is 5.16 Å². The van der Waals surface area contributed by atoms with Crippen LogP contribution in [0, 0.1) is 5.82 Å². The van der Waals surface area contributed by atoms with Gasteiger partial charge in [0.05, 0.1) is 17.6 Å². The summed E-state index contributed by atoms with van der Waals surface area (Å²) in [4.78, 5) is -0.237. The molecule has 0 aliphatic carbocycles. The van der Waals surface area contributed by atoms with Crippen molar-refractivity contribution in [3.63, 3.8) is 0 Å². The molecule has 96 valence electrons. The first-order chi connectivity index (χ1) is 8.47. The largest absolute Gasteiger partial charge is 0.399 e. The van der Waals surface area contributed by atoms with Gasteiger partial charge < -0.3 is 10.3 Å². The molecule has 0 bridgehead atoms. The second-order valence-corrected chi connectivity index (χ2v) is 5.29. The Morgan fingerprint density at radius 1 is 1.39 bits per heavy atom. The Bertz CT molecular complexity index is 620. The molecule has 1 heterocycles. The van der Waals surface area contributed by atoms with Gasteiger partial charge in [0.15, 0.2) is 5.76 Å². The molecule has 0 amide bonds. The minimum absolute atomic E-state index is 0.0371. The summed E-state index contributed by atoms with van der Waals surface area (Å²) in [5, 5.41) is 3.43. The summed E-state index contributed by atoms with van der Waals surface area (Å²) in [5.74, 6) is -0.363. The van der Waals surface area contributed by atoms with E-state index in [0.29, 0.717) is 5.76 Å². The lowest BCUT2D eigenvalue weighted by Crippen LogP contribution is -2.23. The molecular formula is C10H10FN3O3S. The molecule has 0 unspecified atom stereocenters. The van der Waals surface area contributed by atoms with E-state index < -0.39 is 15.8 Å². The summed E-state index contributed by atoms with van der Waals surface area (Å²) in [6, 6.07) is 4.61. The molecule has 0 radical (unpaired) electrons. The third-order valence-electron chi connectivity index (χ3n) is 2.13. The smallest absolute Gasteiger partial charge is 0.241 e. The fourth-order valence-electron chi connectivity index (χ4n) is 1.32. The van der Waals surface area contributed by atoms with E-state index in [1.807, 2.05) is 0 Å². The topological polar surface area (TPSA) is 98.2 Å². The zero-order chi connectivity index (χ0) is 13.2. The number of nitrogens with two attached hydrogens (primary N) is 1. The number of nitrogen functional groups attached to an aromatic ring is 1. The molecule has 0 fully saturated rings. The summed E-state index contributed by atoms with van der Waals surface area (Å²) in [6.45, 7) is -0.0707. The van der Waals surface area contributed by atoms with Gasteiger partial charge in [-0.2, -0.15) is 0 Å². The predicted octanol–water partition coefficient (Wildman–Crippen LogP) is 0.874. The van der Waals surface area contributed by atoms with E-state index in [0.717, 1.165) is 12.1 Å². The molecule has 0 aliphatic heterocycles. The Morgan fingerprint density at radius 3 is 2.78 bits per heavy atom. The average molecular weight is 271 g/mol. The molecule has 2 rings (SSSR count). The van der Waals surface area contributed by atoms with Gasteiger partial charge in [-0.15, -0.1) is 0 Å². The third-order valence-corrected chi connectivity index (χ3v) is 3.51. The van der Waals surface area contributed by atoms with Gasteiger partial charge in [-0.25, -0.2) is 17.5 Å². The summed E-state index contributed by atoms with van der Waals surface area (Å²) < 4.78 is 43.7. The molecule has 8 heteroatoms. The normalized spacial score (nSPS) is 11.6. The van der Waals surface area contributed by atoms with Crippen LogP contribution in [0.5, 0.6) is 0 Å². The van der Waals surface area contributed by atoms with Crippen molar-refractivity contribution in [3.05, 3.63) is 42.0 Å². The van der Waals surface area contributed by atoms with Crippen molar-refractivity contribution in [3.8, 4) is 0 Å². The zero-order valence-electron chi connectivity index (χ0n) is 9.13. The monoisotopic (exact) mass is 271 g/mol. The number of halogens is 1. The lowest BCUT2D eigenvalue weighted by molar-refractivity contribution is 0.380. The van der Waals surface area contributed by atoms with Crippen molar-refractivity contribution in [1.82, 2.24) is 9.88 Å². The SMILES string of the molecule is Nc1cc(F)cc(S(=O)(=O)NCc2ccno2)c1. The lowest BCUT2D eigenvalue weighted by atomic mass is 10.3. The second-order valence-electron chi connectivity index (χ2n) is 3.52. The van der Waals surface area contributed by atoms with Crippen LogP contribution in [0.2, 0.25) is 0 Å². The Morgan fingerprint density at radius 2 is 2.17 bits per heavy atom. The van der Waals surface area contributed by atoms with Gasteiger partial charge in [-0.3, -0.25) is 0 Å². The maximum absolute atomic E-state index is 13.1. The summed E-state index contributed by atoms with van der Waals surface area (Å²) in [5.41, 5.74) is 5.42. The van der Waals surface area contributed by atoms with Crippen molar-refractivity contribution in [2.75, 3.05) is 5.73 Å². The second kappa shape index (κ2) is 4.75. The Labute approximate surface area is 103 Å². The van der Waals surface area contributed by atoms with E-state index in [-0.39, 0.29) is 17.1 Å². The molecule has 18 heavy (non-hydrogen) atoms. The van der Waals surface area contributed by atoms with Crippen LogP contribution < -0.4 is 10.5 Å². The van der Waals surface area contributed by atoms with Gasteiger partial charge >= 0.3 is 0 Å². The maximum atomic E-state index is 13.1. The fraction of sp³-hybridized carbons (Fsp3) is 0.100. The van der Waals surface area contributed by atoms with Crippen molar-refractivity contribution < 1.29 is 17.3 Å². The van der Waals surface area contributed by atoms with Crippen LogP contribution in [0.4, 0.5) is 10.1 Å². The first-order valence-electron chi connectivity index (χ1n) is 4.93. The van der Waals surface area contributed by atoms with E-state index in [2.05, 4.69) is 9.88 Å². The number of hydrogen-bond acceptors (Lipinski definition) is 5. The van der Waals surface area contributed by atoms with Gasteiger partial charge in [0.1, 0.15) is 5.82 Å². The third kappa shape index (κ3) is 2.84. The molecule has 0 saturated heterocycles. The molecular weight excluding hydrogens is 261 g/mol. The number of nitrogens with one attached hydrogen (secondary N) is 1. The number of sulfonamides is 1. The number of rotatable bonds is 4. The van der Waals surface area contributed by atoms with Crippen LogP contribution in [-0.2, 0) is 16.6 Å². The molecule has 0 saturated carbocycles. The van der Waals surface area contributed by atoms with Crippen molar-refractivity contribution in [2.45, 2.75) is 11.4 Å². The van der Waals surface area contributed by atoms with E-state index >= 15 is 0 Å². The number of anilines is 1. The van der Waals surface area contributed by atoms with E-state index in [4.69, 9.17) is 10.3 Å². The fourth-order valence-corrected chi connectivity index (χ4v) is 2.38. The van der Waals surface area contributed by atoms with Crippen LogP contribution in [0.25, 0.3) is 0 Å². The highest BCUT2D eigenvalue weighted by Crippen LogP contribution is 2.16. The van der Waals surface area contributed by atoms with Crippen molar-refractivity contribution in [1.29, 1.82) is 0 Å². The highest BCUT2D eigenvalue weighted by molar-refractivity contribution is 7.89. The quantitative estimate of drug-likeness (QED) is 0.804. The van der Waals surface area contributed by atoms with Crippen LogP contribution >= 0.6 is 0 Å². The summed E-state index contributed by atoms with van der Waals surface area (Å²) in [6.07, 6.45) is 1.39. The predicted molar refractivity (Wildman–Crippen MR) is 61.3 cm³/mol. The number of hydrogen-bond donors (Lipinski definition) is 2. The molecule has 1 aromatic carbocycles. The maximum Gasteiger partial charge on any atom is 0.241 e. The molecule has 6 nitrogen and oxygen atoms in total. The number of benzene rings is 1. The average Bonchev–Trinajstić information content (AvgIpc) is 2.78. The molecule has 0 spiro atoms. The van der Waals surface area contributed by atoms with Crippen LogP contribution in [0.15, 0.2) is 39.9 Å². The van der Waals surface area contributed by atoms with Crippen LogP contribution in [0.1, 0.15) is 5.76 Å². The summed E-state index contributed by atoms with van der Waals surface area (Å²) >= 11 is 0. The first kappa shape index (κ1) is 12.5. The Hall–Kier alpha value is -1.93.